The average molecular weight is 1260 g/mol. The Labute approximate surface area is 571 Å². The second-order valence-electron chi connectivity index (χ2n) is 26.5. The Kier molecular flexibility index (Phi) is 14.8. The van der Waals surface area contributed by atoms with E-state index < -0.39 is 0 Å². The minimum absolute atomic E-state index is 0.0480. The molecule has 2 heterocycles. The molecule has 98 heavy (non-hydrogen) atoms. The number of aromatic nitrogens is 6. The highest BCUT2D eigenvalue weighted by molar-refractivity contribution is 6.07. The zero-order valence-corrected chi connectivity index (χ0v) is 54.9. The monoisotopic (exact) mass is 1250 g/mol. The fourth-order valence-electron chi connectivity index (χ4n) is 14.9. The van der Waals surface area contributed by atoms with E-state index in [1.165, 1.54) is 99.4 Å². The fourth-order valence-corrected chi connectivity index (χ4v) is 14.9. The highest BCUT2D eigenvalue weighted by atomic mass is 15.0. The first-order valence-corrected chi connectivity index (χ1v) is 33.6. The number of fused-ring (bicyclic) bond motifs is 10. The lowest BCUT2D eigenvalue weighted by molar-refractivity contribution is 0.662. The molecule has 0 radical (unpaired) electrons. The van der Waals surface area contributed by atoms with E-state index in [0.717, 1.165) is 44.5 Å². The van der Waals surface area contributed by atoms with Gasteiger partial charge in [-0.15, -0.1) is 0 Å². The number of hydrogen-bond donors (Lipinski definition) is 0. The molecule has 0 saturated heterocycles. The zero-order valence-electron chi connectivity index (χ0n) is 54.9. The van der Waals surface area contributed by atoms with Crippen molar-refractivity contribution in [3.05, 3.63) is 350 Å². The standard InChI is InChI=1S/2C46H33N3/c1-46(2)40-20-12-11-19-38(40)41-37-18-10-9-17-36(37)29-39(42(41)46)32-25-21-30(22-26-32)31-23-27-35(28-24-31)45-48-43(33-13-5-3-6-14-33)47-44(49-45)34-15-7-4-8-16-34;1-46(2)41-28-26-37(29-40(41)39-27-25-33-11-9-10-16-38(33)42(39)46)32-19-17-30(18-20-32)31-21-23-36(24-22-31)45-48-43(34-12-5-3-6-13-34)47-44(49-45)35-14-7-4-8-15-35/h2*3-29H,1-2H3. The third-order valence-corrected chi connectivity index (χ3v) is 19.8. The summed E-state index contributed by atoms with van der Waals surface area (Å²) in [6, 6.07) is 116. The third kappa shape index (κ3) is 10.7. The van der Waals surface area contributed by atoms with Gasteiger partial charge in [0.2, 0.25) is 0 Å². The van der Waals surface area contributed by atoms with Gasteiger partial charge in [-0.2, -0.15) is 0 Å². The second-order valence-corrected chi connectivity index (χ2v) is 26.5. The van der Waals surface area contributed by atoms with Crippen LogP contribution in [0, 0.1) is 0 Å². The molecule has 0 fully saturated rings. The number of nitrogens with zero attached hydrogens (tertiary/aromatic N) is 6. The lowest BCUT2D eigenvalue weighted by Crippen LogP contribution is -2.16. The quantitative estimate of drug-likeness (QED) is 0.136. The topological polar surface area (TPSA) is 77.3 Å². The van der Waals surface area contributed by atoms with Crippen LogP contribution in [0.2, 0.25) is 0 Å². The van der Waals surface area contributed by atoms with Crippen LogP contribution in [-0.2, 0) is 10.8 Å². The first kappa shape index (κ1) is 59.4. The van der Waals surface area contributed by atoms with E-state index in [9.17, 15) is 0 Å². The molecule has 0 spiro atoms. The molecule has 0 saturated carbocycles. The average Bonchev–Trinajstić information content (AvgIpc) is 1.59. The van der Waals surface area contributed by atoms with Crippen LogP contribution in [0.5, 0.6) is 0 Å². The largest absolute Gasteiger partial charge is 0.208 e. The van der Waals surface area contributed by atoms with Gasteiger partial charge in [0.05, 0.1) is 0 Å². The zero-order chi connectivity index (χ0) is 65.9. The van der Waals surface area contributed by atoms with Crippen LogP contribution in [-0.4, -0.2) is 29.9 Å². The molecular formula is C92H66N6. The van der Waals surface area contributed by atoms with Crippen LogP contribution >= 0.6 is 0 Å². The van der Waals surface area contributed by atoms with Gasteiger partial charge in [0.25, 0.3) is 0 Å². The van der Waals surface area contributed by atoms with Gasteiger partial charge < -0.3 is 0 Å². The van der Waals surface area contributed by atoms with Crippen LogP contribution in [0.25, 0.3) is 157 Å². The summed E-state index contributed by atoms with van der Waals surface area (Å²) < 4.78 is 0. The van der Waals surface area contributed by atoms with Gasteiger partial charge in [-0.05, 0) is 123 Å². The van der Waals surface area contributed by atoms with Crippen LogP contribution in [0.3, 0.4) is 0 Å². The van der Waals surface area contributed by atoms with E-state index in [1.807, 2.05) is 121 Å². The van der Waals surface area contributed by atoms with Crippen molar-refractivity contribution in [2.75, 3.05) is 0 Å². The molecule has 2 aliphatic rings. The fraction of sp³-hybridized carbons (Fsp3) is 0.0652. The molecule has 0 bridgehead atoms. The van der Waals surface area contributed by atoms with Crippen molar-refractivity contribution in [2.45, 2.75) is 38.5 Å². The van der Waals surface area contributed by atoms with E-state index in [-0.39, 0.29) is 10.8 Å². The number of hydrogen-bond acceptors (Lipinski definition) is 6. The molecule has 2 aliphatic carbocycles. The summed E-state index contributed by atoms with van der Waals surface area (Å²) in [5.41, 5.74) is 26.2. The summed E-state index contributed by atoms with van der Waals surface area (Å²) in [5.74, 6) is 3.96. The maximum atomic E-state index is 4.90. The molecule has 2 aromatic heterocycles. The molecular weight excluding hydrogens is 1190 g/mol. The van der Waals surface area contributed by atoms with E-state index in [2.05, 4.69) is 234 Å². The Morgan fingerprint density at radius 1 is 0.194 bits per heavy atom. The van der Waals surface area contributed by atoms with Crippen LogP contribution in [0.15, 0.2) is 328 Å². The summed E-state index contributed by atoms with van der Waals surface area (Å²) >= 11 is 0. The first-order valence-electron chi connectivity index (χ1n) is 33.6. The molecule has 464 valence electrons. The predicted octanol–water partition coefficient (Wildman–Crippen LogP) is 23.3. The summed E-state index contributed by atoms with van der Waals surface area (Å²) in [6.07, 6.45) is 0. The Morgan fingerprint density at radius 3 is 0.980 bits per heavy atom. The maximum Gasteiger partial charge on any atom is 0.164 e. The molecule has 6 heteroatoms. The van der Waals surface area contributed by atoms with E-state index >= 15 is 0 Å². The van der Waals surface area contributed by atoms with Gasteiger partial charge in [0, 0.05) is 44.2 Å². The summed E-state index contributed by atoms with van der Waals surface area (Å²) in [7, 11) is 0. The van der Waals surface area contributed by atoms with Crippen molar-refractivity contribution >= 4 is 21.5 Å². The number of benzene rings is 14. The van der Waals surface area contributed by atoms with Crippen molar-refractivity contribution in [3.8, 4) is 135 Å². The summed E-state index contributed by atoms with van der Waals surface area (Å²) in [5, 5.41) is 5.24. The van der Waals surface area contributed by atoms with Crippen LogP contribution in [0.4, 0.5) is 0 Å². The highest BCUT2D eigenvalue weighted by Crippen LogP contribution is 2.56. The Bertz CT molecular complexity index is 5560. The first-order chi connectivity index (χ1) is 48.1. The van der Waals surface area contributed by atoms with Crippen molar-refractivity contribution in [1.29, 1.82) is 0 Å². The van der Waals surface area contributed by atoms with E-state index in [4.69, 9.17) is 29.9 Å². The molecule has 0 atom stereocenters. The Morgan fingerprint density at radius 2 is 0.520 bits per heavy atom. The van der Waals surface area contributed by atoms with Gasteiger partial charge in [-0.25, -0.2) is 29.9 Å². The van der Waals surface area contributed by atoms with E-state index in [1.54, 1.807) is 0 Å². The molecule has 14 aromatic carbocycles. The molecule has 16 aromatic rings. The Balaban J connectivity index is 0.000000147. The lowest BCUT2D eigenvalue weighted by Gasteiger charge is -2.25. The molecule has 0 N–H and O–H groups in total. The minimum Gasteiger partial charge on any atom is -0.208 e. The second kappa shape index (κ2) is 24.4. The third-order valence-electron chi connectivity index (χ3n) is 19.8. The van der Waals surface area contributed by atoms with Gasteiger partial charge in [-0.3, -0.25) is 0 Å². The van der Waals surface area contributed by atoms with Crippen molar-refractivity contribution in [3.63, 3.8) is 0 Å². The predicted molar refractivity (Wildman–Crippen MR) is 404 cm³/mol. The van der Waals surface area contributed by atoms with Gasteiger partial charge >= 0.3 is 0 Å². The van der Waals surface area contributed by atoms with Gasteiger partial charge in [0.15, 0.2) is 34.9 Å². The van der Waals surface area contributed by atoms with Crippen molar-refractivity contribution in [2.24, 2.45) is 0 Å². The highest BCUT2D eigenvalue weighted by Gasteiger charge is 2.39. The SMILES string of the molecule is CC1(C)c2ccc(-c3ccc(-c4ccc(-c5nc(-c6ccccc6)nc(-c6ccccc6)n5)cc4)cc3)cc2-c2ccc3ccccc3c21.CC1(C)c2ccccc2-c2c1c(-c1ccc(-c3ccc(-c4nc(-c5ccccc5)nc(-c5ccccc5)n4)cc3)cc1)cc1ccccc21. The van der Waals surface area contributed by atoms with Gasteiger partial charge in [0.1, 0.15) is 0 Å². The smallest absolute Gasteiger partial charge is 0.164 e. The van der Waals surface area contributed by atoms with Crippen LogP contribution < -0.4 is 0 Å². The van der Waals surface area contributed by atoms with Crippen molar-refractivity contribution in [1.82, 2.24) is 29.9 Å². The van der Waals surface area contributed by atoms with Crippen molar-refractivity contribution < 1.29 is 0 Å². The van der Waals surface area contributed by atoms with E-state index in [0.29, 0.717) is 34.9 Å². The molecule has 0 unspecified atom stereocenters. The van der Waals surface area contributed by atoms with Gasteiger partial charge in [-0.1, -0.05) is 343 Å². The summed E-state index contributed by atoms with van der Waals surface area (Å²) in [6.45, 7) is 9.44. The molecule has 0 aliphatic heterocycles. The summed E-state index contributed by atoms with van der Waals surface area (Å²) in [4.78, 5) is 29.2. The lowest BCUT2D eigenvalue weighted by atomic mass is 9.78. The van der Waals surface area contributed by atoms with Crippen LogP contribution in [0.1, 0.15) is 49.9 Å². The maximum absolute atomic E-state index is 4.90. The molecule has 0 amide bonds. The molecule has 6 nitrogen and oxygen atoms in total. The normalized spacial score (nSPS) is 12.9. The molecule has 18 rings (SSSR count). The minimum atomic E-state index is -0.102. The number of rotatable bonds is 10. The Hall–Kier alpha value is -12.4.